The van der Waals surface area contributed by atoms with Gasteiger partial charge < -0.3 is 14.4 Å². The topological polar surface area (TPSA) is 41.4 Å². The average Bonchev–Trinajstić information content (AvgIpc) is 3.26. The van der Waals surface area contributed by atoms with Crippen LogP contribution in [0.15, 0.2) is 48.8 Å². The zero-order chi connectivity index (χ0) is 19.2. The van der Waals surface area contributed by atoms with Gasteiger partial charge in [-0.1, -0.05) is 26.0 Å². The van der Waals surface area contributed by atoms with Crippen molar-refractivity contribution in [2.75, 3.05) is 24.5 Å². The van der Waals surface area contributed by atoms with Crippen molar-refractivity contribution in [2.45, 2.75) is 39.2 Å². The van der Waals surface area contributed by atoms with Gasteiger partial charge in [0.1, 0.15) is 5.54 Å². The summed E-state index contributed by atoms with van der Waals surface area (Å²) < 4.78 is 2.20. The summed E-state index contributed by atoms with van der Waals surface area (Å²) in [6.45, 7) is 12.7. The fourth-order valence-electron chi connectivity index (χ4n) is 4.52. The van der Waals surface area contributed by atoms with Crippen LogP contribution in [0.5, 0.6) is 0 Å². The van der Waals surface area contributed by atoms with Crippen LogP contribution in [0.4, 0.5) is 5.69 Å². The molecular weight excluding hydrogens is 336 g/mol. The van der Waals surface area contributed by atoms with E-state index in [-0.39, 0.29) is 11.4 Å². The quantitative estimate of drug-likeness (QED) is 0.776. The maximum absolute atomic E-state index is 12.8. The Morgan fingerprint density at radius 3 is 2.89 bits per heavy atom. The van der Waals surface area contributed by atoms with Gasteiger partial charge in [0.05, 0.1) is 11.4 Å². The van der Waals surface area contributed by atoms with Crippen LogP contribution in [0.25, 0.3) is 5.82 Å². The van der Waals surface area contributed by atoms with Crippen molar-refractivity contribution in [1.29, 1.82) is 0 Å². The Balaban J connectivity index is 1.79. The van der Waals surface area contributed by atoms with Crippen LogP contribution in [0, 0.1) is 5.92 Å². The summed E-state index contributed by atoms with van der Waals surface area (Å²) in [5, 5.41) is 0. The van der Waals surface area contributed by atoms with E-state index in [1.54, 1.807) is 0 Å². The smallest absolute Gasteiger partial charge is 0.222 e. The first-order valence-electron chi connectivity index (χ1n) is 9.75. The Hall–Kier alpha value is -2.56. The summed E-state index contributed by atoms with van der Waals surface area (Å²) in [5.74, 6) is 1.59. The largest absolute Gasteiger partial charge is 0.351 e. The standard InChI is InChI=1S/C22H28N4O/c1-16(2)13-20(27)24-12-9-22(15-24)19-8-6-11-25(19)21-18(7-5-10-23-21)26(22)14-17(3)4/h5-8,10-11,16H,3,9,12-15H2,1-2,4H3/t22-/m1/s1. The number of anilines is 1. The number of hydrogen-bond acceptors (Lipinski definition) is 3. The van der Waals surface area contributed by atoms with Crippen molar-refractivity contribution < 1.29 is 4.79 Å². The number of pyridine rings is 1. The SMILES string of the molecule is C=C(C)CN1c2cccnc2-n2cccc2[C@]12CCN(C(=O)CC(C)C)C2. The van der Waals surface area contributed by atoms with Crippen LogP contribution in [0.2, 0.25) is 0 Å². The lowest BCUT2D eigenvalue weighted by molar-refractivity contribution is -0.131. The van der Waals surface area contributed by atoms with Crippen LogP contribution in [0.1, 0.15) is 39.3 Å². The molecule has 1 fully saturated rings. The van der Waals surface area contributed by atoms with E-state index in [1.165, 1.54) is 5.69 Å². The number of carbonyl (C=O) groups is 1. The molecule has 4 rings (SSSR count). The second kappa shape index (κ2) is 6.55. The summed E-state index contributed by atoms with van der Waals surface area (Å²) >= 11 is 0. The normalized spacial score (nSPS) is 20.9. The minimum absolute atomic E-state index is 0.231. The van der Waals surface area contributed by atoms with E-state index >= 15 is 0 Å². The molecule has 27 heavy (non-hydrogen) atoms. The molecule has 0 aliphatic carbocycles. The summed E-state index contributed by atoms with van der Waals surface area (Å²) in [6.07, 6.45) is 5.45. The number of likely N-dealkylation sites (tertiary alicyclic amines) is 1. The van der Waals surface area contributed by atoms with Crippen molar-refractivity contribution in [1.82, 2.24) is 14.5 Å². The number of amides is 1. The van der Waals surface area contributed by atoms with Crippen molar-refractivity contribution in [3.63, 3.8) is 0 Å². The van der Waals surface area contributed by atoms with Gasteiger partial charge in [-0.05, 0) is 43.5 Å². The number of fused-ring (bicyclic) bond motifs is 4. The van der Waals surface area contributed by atoms with Crippen molar-refractivity contribution in [2.24, 2.45) is 5.92 Å². The molecule has 1 saturated heterocycles. The first-order chi connectivity index (χ1) is 12.9. The van der Waals surface area contributed by atoms with Gasteiger partial charge in [-0.15, -0.1) is 0 Å². The van der Waals surface area contributed by atoms with Gasteiger partial charge >= 0.3 is 0 Å². The number of aromatic nitrogens is 2. The molecular formula is C22H28N4O. The number of hydrogen-bond donors (Lipinski definition) is 0. The average molecular weight is 364 g/mol. The molecule has 0 bridgehead atoms. The molecule has 0 unspecified atom stereocenters. The van der Waals surface area contributed by atoms with E-state index in [9.17, 15) is 4.79 Å². The predicted molar refractivity (Wildman–Crippen MR) is 108 cm³/mol. The predicted octanol–water partition coefficient (Wildman–Crippen LogP) is 3.74. The number of rotatable bonds is 4. The minimum Gasteiger partial charge on any atom is -0.351 e. The van der Waals surface area contributed by atoms with E-state index in [2.05, 4.69) is 66.2 Å². The maximum Gasteiger partial charge on any atom is 0.222 e. The van der Waals surface area contributed by atoms with Gasteiger partial charge in [-0.25, -0.2) is 4.98 Å². The fraction of sp³-hybridized carbons (Fsp3) is 0.455. The first-order valence-corrected chi connectivity index (χ1v) is 9.75. The Morgan fingerprint density at radius 2 is 2.15 bits per heavy atom. The van der Waals surface area contributed by atoms with E-state index in [1.807, 2.05) is 17.2 Å². The molecule has 5 heteroatoms. The molecule has 0 saturated carbocycles. The summed E-state index contributed by atoms with van der Waals surface area (Å²) in [4.78, 5) is 21.9. The van der Waals surface area contributed by atoms with E-state index in [4.69, 9.17) is 0 Å². The molecule has 1 atom stereocenters. The monoisotopic (exact) mass is 364 g/mol. The van der Waals surface area contributed by atoms with Crippen molar-refractivity contribution in [3.05, 3.63) is 54.5 Å². The molecule has 2 aliphatic heterocycles. The van der Waals surface area contributed by atoms with Crippen LogP contribution in [-0.4, -0.2) is 40.0 Å². The molecule has 1 amide bonds. The molecule has 2 aliphatic rings. The van der Waals surface area contributed by atoms with E-state index in [0.717, 1.165) is 36.6 Å². The summed E-state index contributed by atoms with van der Waals surface area (Å²) in [6, 6.07) is 8.38. The fourth-order valence-corrected chi connectivity index (χ4v) is 4.52. The first kappa shape index (κ1) is 17.8. The van der Waals surface area contributed by atoms with Gasteiger partial charge in [-0.2, -0.15) is 0 Å². The Morgan fingerprint density at radius 1 is 1.33 bits per heavy atom. The van der Waals surface area contributed by atoms with Crippen LogP contribution < -0.4 is 4.90 Å². The third-order valence-corrected chi connectivity index (χ3v) is 5.64. The lowest BCUT2D eigenvalue weighted by Gasteiger charge is -2.47. The highest BCUT2D eigenvalue weighted by atomic mass is 16.2. The van der Waals surface area contributed by atoms with E-state index < -0.39 is 0 Å². The lowest BCUT2D eigenvalue weighted by atomic mass is 9.88. The highest BCUT2D eigenvalue weighted by Crippen LogP contribution is 2.47. The molecule has 1 spiro atoms. The minimum atomic E-state index is -0.231. The molecule has 5 nitrogen and oxygen atoms in total. The molecule has 2 aromatic rings. The van der Waals surface area contributed by atoms with E-state index in [0.29, 0.717) is 18.9 Å². The lowest BCUT2D eigenvalue weighted by Crippen LogP contribution is -2.53. The zero-order valence-electron chi connectivity index (χ0n) is 16.5. The van der Waals surface area contributed by atoms with Gasteiger partial charge in [0, 0.05) is 38.4 Å². The number of carbonyl (C=O) groups excluding carboxylic acids is 1. The van der Waals surface area contributed by atoms with Gasteiger partial charge in [0.25, 0.3) is 0 Å². The van der Waals surface area contributed by atoms with Crippen LogP contribution >= 0.6 is 0 Å². The molecule has 0 radical (unpaired) electrons. The van der Waals surface area contributed by atoms with Gasteiger partial charge in [-0.3, -0.25) is 4.79 Å². The van der Waals surface area contributed by atoms with Crippen LogP contribution in [-0.2, 0) is 10.3 Å². The zero-order valence-corrected chi connectivity index (χ0v) is 16.5. The third kappa shape index (κ3) is 2.85. The summed E-state index contributed by atoms with van der Waals surface area (Å²) in [5.41, 5.74) is 3.21. The molecule has 2 aromatic heterocycles. The third-order valence-electron chi connectivity index (χ3n) is 5.64. The second-order valence-corrected chi connectivity index (χ2v) is 8.35. The molecule has 4 heterocycles. The van der Waals surface area contributed by atoms with Crippen LogP contribution in [0.3, 0.4) is 0 Å². The highest BCUT2D eigenvalue weighted by molar-refractivity contribution is 5.77. The summed E-state index contributed by atoms with van der Waals surface area (Å²) in [7, 11) is 0. The highest BCUT2D eigenvalue weighted by Gasteiger charge is 2.50. The Bertz CT molecular complexity index is 884. The molecule has 142 valence electrons. The molecule has 0 N–H and O–H groups in total. The maximum atomic E-state index is 12.8. The van der Waals surface area contributed by atoms with Gasteiger partial charge in [0.2, 0.25) is 5.91 Å². The van der Waals surface area contributed by atoms with Gasteiger partial charge in [0.15, 0.2) is 5.82 Å². The number of nitrogens with zero attached hydrogens (tertiary/aromatic N) is 4. The van der Waals surface area contributed by atoms with Crippen molar-refractivity contribution in [3.8, 4) is 5.82 Å². The Labute approximate surface area is 161 Å². The molecule has 0 aromatic carbocycles. The Kier molecular flexibility index (Phi) is 4.33. The van der Waals surface area contributed by atoms with Crippen molar-refractivity contribution >= 4 is 11.6 Å². The second-order valence-electron chi connectivity index (χ2n) is 8.35.